The van der Waals surface area contributed by atoms with Crippen LogP contribution in [-0.4, -0.2) is 40.8 Å². The first-order valence-corrected chi connectivity index (χ1v) is 7.57. The Bertz CT molecular complexity index is 559. The Morgan fingerprint density at radius 2 is 2.04 bits per heavy atom. The minimum Gasteiger partial charge on any atom is -0.444 e. The molecule has 1 aromatic carbocycles. The summed E-state index contributed by atoms with van der Waals surface area (Å²) >= 11 is 0. The van der Waals surface area contributed by atoms with Gasteiger partial charge in [0.05, 0.1) is 17.6 Å². The predicted molar refractivity (Wildman–Crippen MR) is 84.1 cm³/mol. The maximum Gasteiger partial charge on any atom is 0.410 e. The Morgan fingerprint density at radius 1 is 1.39 bits per heavy atom. The quantitative estimate of drug-likeness (QED) is 0.628. The van der Waals surface area contributed by atoms with Crippen LogP contribution in [0.2, 0.25) is 0 Å². The zero-order chi connectivity index (χ0) is 17.0. The lowest BCUT2D eigenvalue weighted by molar-refractivity contribution is -0.384. The van der Waals surface area contributed by atoms with Gasteiger partial charge in [-0.15, -0.1) is 0 Å². The number of carbonyl (C=O) groups excluding carboxylic acids is 1. The standard InChI is InChI=1S/C16H22N2O5/c1-16(2,3)23-15(19)17(14-8-9-22-11-14)10-12-4-6-13(7-5-12)18(20)21/h4-7,14H,8-11H2,1-3H3/t14-/m0/s1. The summed E-state index contributed by atoms with van der Waals surface area (Å²) in [6, 6.07) is 6.15. The van der Waals surface area contributed by atoms with Gasteiger partial charge in [0.25, 0.3) is 5.69 Å². The highest BCUT2D eigenvalue weighted by atomic mass is 16.6. The average molecular weight is 322 g/mol. The molecule has 0 radical (unpaired) electrons. The Hall–Kier alpha value is -2.15. The van der Waals surface area contributed by atoms with Crippen LogP contribution < -0.4 is 0 Å². The van der Waals surface area contributed by atoms with Gasteiger partial charge >= 0.3 is 6.09 Å². The van der Waals surface area contributed by atoms with Gasteiger partial charge in [-0.05, 0) is 32.8 Å². The molecule has 1 aliphatic heterocycles. The number of rotatable bonds is 4. The van der Waals surface area contributed by atoms with E-state index in [0.29, 0.717) is 19.8 Å². The summed E-state index contributed by atoms with van der Waals surface area (Å²) in [5.41, 5.74) is 0.264. The first-order chi connectivity index (χ1) is 10.8. The fraction of sp³-hybridized carbons (Fsp3) is 0.562. The van der Waals surface area contributed by atoms with E-state index in [9.17, 15) is 14.9 Å². The molecule has 1 saturated heterocycles. The van der Waals surface area contributed by atoms with Crippen LogP contribution >= 0.6 is 0 Å². The van der Waals surface area contributed by atoms with E-state index >= 15 is 0 Å². The van der Waals surface area contributed by atoms with Gasteiger partial charge in [0.2, 0.25) is 0 Å². The molecule has 0 saturated carbocycles. The summed E-state index contributed by atoms with van der Waals surface area (Å²) in [5, 5.41) is 10.7. The lowest BCUT2D eigenvalue weighted by Crippen LogP contribution is -2.43. The minimum atomic E-state index is -0.579. The van der Waals surface area contributed by atoms with E-state index in [1.54, 1.807) is 17.0 Å². The van der Waals surface area contributed by atoms with Gasteiger partial charge in [0.15, 0.2) is 0 Å². The maximum absolute atomic E-state index is 12.5. The summed E-state index contributed by atoms with van der Waals surface area (Å²) < 4.78 is 10.8. The molecule has 0 unspecified atom stereocenters. The largest absolute Gasteiger partial charge is 0.444 e. The van der Waals surface area contributed by atoms with Crippen molar-refractivity contribution < 1.29 is 19.2 Å². The lowest BCUT2D eigenvalue weighted by atomic mass is 10.1. The molecule has 23 heavy (non-hydrogen) atoms. The number of non-ortho nitro benzene ring substituents is 1. The second-order valence-electron chi connectivity index (χ2n) is 6.55. The van der Waals surface area contributed by atoms with E-state index in [2.05, 4.69) is 0 Å². The number of ether oxygens (including phenoxy) is 2. The van der Waals surface area contributed by atoms with Gasteiger partial charge < -0.3 is 9.47 Å². The zero-order valence-corrected chi connectivity index (χ0v) is 13.7. The van der Waals surface area contributed by atoms with Crippen LogP contribution in [-0.2, 0) is 16.0 Å². The molecule has 126 valence electrons. The number of amides is 1. The monoisotopic (exact) mass is 322 g/mol. The fourth-order valence-corrected chi connectivity index (χ4v) is 2.35. The topological polar surface area (TPSA) is 81.9 Å². The van der Waals surface area contributed by atoms with Crippen molar-refractivity contribution in [2.45, 2.75) is 45.4 Å². The van der Waals surface area contributed by atoms with Crippen LogP contribution in [0.25, 0.3) is 0 Å². The number of carbonyl (C=O) groups is 1. The van der Waals surface area contributed by atoms with Crippen LogP contribution in [0.4, 0.5) is 10.5 Å². The molecule has 0 aromatic heterocycles. The molecule has 0 N–H and O–H groups in total. The number of benzene rings is 1. The number of nitro groups is 1. The van der Waals surface area contributed by atoms with Crippen molar-refractivity contribution in [2.75, 3.05) is 13.2 Å². The summed E-state index contributed by atoms with van der Waals surface area (Å²) in [6.45, 7) is 6.89. The van der Waals surface area contributed by atoms with Crippen LogP contribution in [0, 0.1) is 10.1 Å². The molecule has 0 bridgehead atoms. The molecule has 1 aromatic rings. The first-order valence-electron chi connectivity index (χ1n) is 7.57. The Balaban J connectivity index is 2.13. The van der Waals surface area contributed by atoms with E-state index in [-0.39, 0.29) is 11.7 Å². The third-order valence-electron chi connectivity index (χ3n) is 3.47. The van der Waals surface area contributed by atoms with Crippen LogP contribution in [0.15, 0.2) is 24.3 Å². The van der Waals surface area contributed by atoms with E-state index in [4.69, 9.17) is 9.47 Å². The highest BCUT2D eigenvalue weighted by Crippen LogP contribution is 2.21. The van der Waals surface area contributed by atoms with E-state index in [1.807, 2.05) is 20.8 Å². The summed E-state index contributed by atoms with van der Waals surface area (Å²) in [4.78, 5) is 24.4. The van der Waals surface area contributed by atoms with E-state index in [0.717, 1.165) is 12.0 Å². The molecule has 7 heteroatoms. The third-order valence-corrected chi connectivity index (χ3v) is 3.47. The van der Waals surface area contributed by atoms with E-state index < -0.39 is 16.6 Å². The molecule has 0 spiro atoms. The van der Waals surface area contributed by atoms with Gasteiger partial charge in [-0.1, -0.05) is 12.1 Å². The molecule has 1 heterocycles. The van der Waals surface area contributed by atoms with E-state index in [1.165, 1.54) is 12.1 Å². The number of hydrogen-bond acceptors (Lipinski definition) is 5. The van der Waals surface area contributed by atoms with Gasteiger partial charge in [0.1, 0.15) is 5.60 Å². The summed E-state index contributed by atoms with van der Waals surface area (Å²) in [7, 11) is 0. The Labute approximate surface area is 135 Å². The van der Waals surface area contributed by atoms with Crippen molar-refractivity contribution in [3.63, 3.8) is 0 Å². The molecule has 1 atom stereocenters. The average Bonchev–Trinajstić information content (AvgIpc) is 2.97. The second-order valence-corrected chi connectivity index (χ2v) is 6.55. The van der Waals surface area contributed by atoms with Crippen molar-refractivity contribution in [1.82, 2.24) is 4.90 Å². The number of hydrogen-bond donors (Lipinski definition) is 0. The fourth-order valence-electron chi connectivity index (χ4n) is 2.35. The third kappa shape index (κ3) is 4.92. The molecule has 1 fully saturated rings. The van der Waals surface area contributed by atoms with Crippen molar-refractivity contribution in [3.05, 3.63) is 39.9 Å². The van der Waals surface area contributed by atoms with Gasteiger partial charge in [-0.25, -0.2) is 4.79 Å². The zero-order valence-electron chi connectivity index (χ0n) is 13.7. The van der Waals surface area contributed by atoms with Crippen LogP contribution in [0.5, 0.6) is 0 Å². The summed E-state index contributed by atoms with van der Waals surface area (Å²) in [5.74, 6) is 0. The molecule has 7 nitrogen and oxygen atoms in total. The molecular weight excluding hydrogens is 300 g/mol. The predicted octanol–water partition coefficient (Wildman–Crippen LogP) is 3.12. The molecule has 0 aliphatic carbocycles. The highest BCUT2D eigenvalue weighted by Gasteiger charge is 2.31. The summed E-state index contributed by atoms with van der Waals surface area (Å²) in [6.07, 6.45) is 0.359. The van der Waals surface area contributed by atoms with Crippen molar-refractivity contribution in [3.8, 4) is 0 Å². The molecule has 1 aliphatic rings. The molecular formula is C16H22N2O5. The Morgan fingerprint density at radius 3 is 2.52 bits per heavy atom. The van der Waals surface area contributed by atoms with Gasteiger partial charge in [-0.2, -0.15) is 0 Å². The second kappa shape index (κ2) is 6.95. The smallest absolute Gasteiger partial charge is 0.410 e. The van der Waals surface area contributed by atoms with Crippen LogP contribution in [0.3, 0.4) is 0 Å². The minimum absolute atomic E-state index is 0.0294. The van der Waals surface area contributed by atoms with Crippen molar-refractivity contribution in [1.29, 1.82) is 0 Å². The van der Waals surface area contributed by atoms with Gasteiger partial charge in [0, 0.05) is 25.3 Å². The highest BCUT2D eigenvalue weighted by molar-refractivity contribution is 5.68. The SMILES string of the molecule is CC(C)(C)OC(=O)N(Cc1ccc([N+](=O)[O-])cc1)[C@H]1CCOC1. The normalized spacial score (nSPS) is 17.8. The lowest BCUT2D eigenvalue weighted by Gasteiger charge is -2.31. The molecule has 1 amide bonds. The first kappa shape index (κ1) is 17.2. The molecule has 2 rings (SSSR count). The number of nitrogens with zero attached hydrogens (tertiary/aromatic N) is 2. The van der Waals surface area contributed by atoms with Gasteiger partial charge in [-0.3, -0.25) is 15.0 Å². The van der Waals surface area contributed by atoms with Crippen molar-refractivity contribution >= 4 is 11.8 Å². The number of nitro benzene ring substituents is 1. The van der Waals surface area contributed by atoms with Crippen molar-refractivity contribution in [2.24, 2.45) is 0 Å². The maximum atomic E-state index is 12.5. The van der Waals surface area contributed by atoms with Crippen LogP contribution in [0.1, 0.15) is 32.8 Å². The Kier molecular flexibility index (Phi) is 5.20.